The minimum absolute atomic E-state index is 0.214. The number of pyridine rings is 1. The third-order valence-electron chi connectivity index (χ3n) is 2.26. The molecule has 2 aromatic heterocycles. The number of carbonyl (C=O) groups excluding carboxylic acids is 1. The van der Waals surface area contributed by atoms with Crippen LogP contribution in [0.4, 0.5) is 0 Å². The molecule has 4 nitrogen and oxygen atoms in total. The van der Waals surface area contributed by atoms with Crippen molar-refractivity contribution in [1.29, 1.82) is 0 Å². The van der Waals surface area contributed by atoms with Crippen molar-refractivity contribution < 1.29 is 4.79 Å². The van der Waals surface area contributed by atoms with Crippen LogP contribution in [0, 0.1) is 6.92 Å². The maximum Gasteiger partial charge on any atom is 0.230 e. The largest absolute Gasteiger partial charge is 0.285 e. The molecule has 16 heavy (non-hydrogen) atoms. The molecule has 5 heteroatoms. The predicted octanol–water partition coefficient (Wildman–Crippen LogP) is 2.01. The molecular weight excluding hydrogens is 226 g/mol. The van der Waals surface area contributed by atoms with Crippen molar-refractivity contribution in [3.8, 4) is 0 Å². The zero-order valence-electron chi connectivity index (χ0n) is 8.94. The Morgan fingerprint density at radius 1 is 1.50 bits per heavy atom. The van der Waals surface area contributed by atoms with Gasteiger partial charge in [-0.2, -0.15) is 5.10 Å². The fourth-order valence-electron chi connectivity index (χ4n) is 1.45. The van der Waals surface area contributed by atoms with Crippen LogP contribution in [0.3, 0.4) is 0 Å². The Balaban J connectivity index is 2.47. The summed E-state index contributed by atoms with van der Waals surface area (Å²) in [6.07, 6.45) is 3.05. The highest BCUT2D eigenvalue weighted by atomic mass is 35.5. The van der Waals surface area contributed by atoms with Crippen LogP contribution < -0.4 is 0 Å². The van der Waals surface area contributed by atoms with Crippen molar-refractivity contribution >= 4 is 17.4 Å². The van der Waals surface area contributed by atoms with Gasteiger partial charge in [-0.1, -0.05) is 11.6 Å². The lowest BCUT2D eigenvalue weighted by atomic mass is 10.1. The molecule has 0 fully saturated rings. The van der Waals surface area contributed by atoms with E-state index in [-0.39, 0.29) is 5.78 Å². The van der Waals surface area contributed by atoms with Crippen LogP contribution in [-0.2, 0) is 7.05 Å². The minimum atomic E-state index is -0.214. The molecule has 2 heterocycles. The Morgan fingerprint density at radius 2 is 2.25 bits per heavy atom. The van der Waals surface area contributed by atoms with Crippen molar-refractivity contribution in [2.24, 2.45) is 7.05 Å². The number of hydrogen-bond donors (Lipinski definition) is 0. The number of halogens is 1. The van der Waals surface area contributed by atoms with Crippen molar-refractivity contribution in [2.45, 2.75) is 6.92 Å². The van der Waals surface area contributed by atoms with Gasteiger partial charge in [-0.3, -0.25) is 14.5 Å². The van der Waals surface area contributed by atoms with Gasteiger partial charge in [0.15, 0.2) is 0 Å². The summed E-state index contributed by atoms with van der Waals surface area (Å²) in [6.45, 7) is 1.91. The van der Waals surface area contributed by atoms with E-state index in [1.54, 1.807) is 19.3 Å². The summed E-state index contributed by atoms with van der Waals surface area (Å²) in [4.78, 5) is 16.1. The third-order valence-corrected chi connectivity index (χ3v) is 2.53. The number of aromatic nitrogens is 3. The summed E-state index contributed by atoms with van der Waals surface area (Å²) >= 11 is 5.90. The molecule has 0 aliphatic carbocycles. The van der Waals surface area contributed by atoms with E-state index in [1.807, 2.05) is 13.0 Å². The first-order valence-electron chi connectivity index (χ1n) is 4.74. The van der Waals surface area contributed by atoms with Gasteiger partial charge < -0.3 is 0 Å². The van der Waals surface area contributed by atoms with E-state index in [4.69, 9.17) is 11.6 Å². The molecule has 0 atom stereocenters. The maximum atomic E-state index is 12.1. The zero-order valence-corrected chi connectivity index (χ0v) is 9.69. The van der Waals surface area contributed by atoms with E-state index in [1.165, 1.54) is 10.9 Å². The van der Waals surface area contributed by atoms with Gasteiger partial charge in [-0.05, 0) is 24.6 Å². The van der Waals surface area contributed by atoms with Gasteiger partial charge in [-0.25, -0.2) is 0 Å². The van der Waals surface area contributed by atoms with E-state index in [2.05, 4.69) is 10.1 Å². The van der Waals surface area contributed by atoms with E-state index < -0.39 is 0 Å². The molecule has 0 radical (unpaired) electrons. The monoisotopic (exact) mass is 235 g/mol. The van der Waals surface area contributed by atoms with Gasteiger partial charge in [0, 0.05) is 13.2 Å². The Morgan fingerprint density at radius 3 is 2.81 bits per heavy atom. The van der Waals surface area contributed by atoms with Crippen molar-refractivity contribution in [3.63, 3.8) is 0 Å². The first-order valence-corrected chi connectivity index (χ1v) is 5.12. The number of carbonyl (C=O) groups is 1. The number of rotatable bonds is 2. The van der Waals surface area contributed by atoms with Crippen LogP contribution in [0.1, 0.15) is 21.7 Å². The highest BCUT2D eigenvalue weighted by Crippen LogP contribution is 2.17. The molecule has 0 unspecified atom stereocenters. The smallest absolute Gasteiger partial charge is 0.230 e. The first-order chi connectivity index (χ1) is 7.59. The van der Waals surface area contributed by atoms with Crippen LogP contribution in [0.25, 0.3) is 0 Å². The third kappa shape index (κ3) is 1.84. The van der Waals surface area contributed by atoms with E-state index in [0.717, 1.165) is 5.56 Å². The predicted molar refractivity (Wildman–Crippen MR) is 60.6 cm³/mol. The van der Waals surface area contributed by atoms with Crippen LogP contribution >= 0.6 is 11.6 Å². The molecule has 0 bridgehead atoms. The van der Waals surface area contributed by atoms with E-state index in [9.17, 15) is 4.79 Å². The van der Waals surface area contributed by atoms with Gasteiger partial charge in [0.1, 0.15) is 11.4 Å². The van der Waals surface area contributed by atoms with E-state index in [0.29, 0.717) is 16.4 Å². The Labute approximate surface area is 97.9 Å². The summed E-state index contributed by atoms with van der Waals surface area (Å²) in [5.41, 5.74) is 1.72. The molecule has 0 aromatic carbocycles. The van der Waals surface area contributed by atoms with Crippen LogP contribution in [0.15, 0.2) is 24.5 Å². The van der Waals surface area contributed by atoms with E-state index >= 15 is 0 Å². The topological polar surface area (TPSA) is 47.8 Å². The van der Waals surface area contributed by atoms with Crippen molar-refractivity contribution in [1.82, 2.24) is 14.8 Å². The molecule has 2 aromatic rings. The molecule has 82 valence electrons. The normalized spacial score (nSPS) is 10.4. The molecule has 0 aliphatic heterocycles. The van der Waals surface area contributed by atoms with Gasteiger partial charge in [0.05, 0.1) is 11.2 Å². The number of ketones is 1. The van der Waals surface area contributed by atoms with Gasteiger partial charge in [-0.15, -0.1) is 0 Å². The van der Waals surface area contributed by atoms with Crippen LogP contribution in [0.2, 0.25) is 5.02 Å². The number of nitrogens with zero attached hydrogens (tertiary/aromatic N) is 3. The number of hydrogen-bond acceptors (Lipinski definition) is 3. The highest BCUT2D eigenvalue weighted by Gasteiger charge is 2.18. The zero-order chi connectivity index (χ0) is 11.7. The first kappa shape index (κ1) is 10.8. The van der Waals surface area contributed by atoms with Gasteiger partial charge in [0.2, 0.25) is 5.78 Å². The quantitative estimate of drug-likeness (QED) is 0.748. The molecule has 0 saturated carbocycles. The summed E-state index contributed by atoms with van der Waals surface area (Å²) in [6, 6.07) is 3.56. The van der Waals surface area contributed by atoms with Crippen LogP contribution in [-0.4, -0.2) is 20.5 Å². The molecule has 0 N–H and O–H groups in total. The summed E-state index contributed by atoms with van der Waals surface area (Å²) in [7, 11) is 1.68. The van der Waals surface area contributed by atoms with Crippen LogP contribution in [0.5, 0.6) is 0 Å². The molecule has 2 rings (SSSR count). The average molecular weight is 236 g/mol. The summed E-state index contributed by atoms with van der Waals surface area (Å²) in [5.74, 6) is -0.214. The molecular formula is C11H10ClN3O. The molecule has 0 amide bonds. The Bertz CT molecular complexity index is 528. The summed E-state index contributed by atoms with van der Waals surface area (Å²) < 4.78 is 1.45. The fraction of sp³-hybridized carbons (Fsp3) is 0.182. The molecule has 0 saturated heterocycles. The number of aryl methyl sites for hydroxylation is 2. The SMILES string of the molecule is Cc1ccnc(C(=O)c2c(Cl)cnn2C)c1. The molecule has 0 spiro atoms. The second-order valence-electron chi connectivity index (χ2n) is 3.51. The second-order valence-corrected chi connectivity index (χ2v) is 3.92. The van der Waals surface area contributed by atoms with Crippen molar-refractivity contribution in [3.05, 3.63) is 46.5 Å². The lowest BCUT2D eigenvalue weighted by Gasteiger charge is -2.02. The average Bonchev–Trinajstić information content (AvgIpc) is 2.58. The second kappa shape index (κ2) is 4.06. The lowest BCUT2D eigenvalue weighted by Crippen LogP contribution is -2.10. The Kier molecular flexibility index (Phi) is 2.75. The van der Waals surface area contributed by atoms with Crippen molar-refractivity contribution in [2.75, 3.05) is 0 Å². The minimum Gasteiger partial charge on any atom is -0.285 e. The summed E-state index contributed by atoms with van der Waals surface area (Å²) in [5, 5.41) is 4.26. The van der Waals surface area contributed by atoms with Gasteiger partial charge >= 0.3 is 0 Å². The standard InChI is InChI=1S/C11H10ClN3O/c1-7-3-4-13-9(5-7)11(16)10-8(12)6-14-15(10)2/h3-6H,1-2H3. The van der Waals surface area contributed by atoms with Gasteiger partial charge in [0.25, 0.3) is 0 Å². The fourth-order valence-corrected chi connectivity index (χ4v) is 1.70. The maximum absolute atomic E-state index is 12.1. The molecule has 0 aliphatic rings. The highest BCUT2D eigenvalue weighted by molar-refractivity contribution is 6.34. The Hall–Kier alpha value is -1.68. The lowest BCUT2D eigenvalue weighted by molar-refractivity contribution is 0.102.